The van der Waals surface area contributed by atoms with Gasteiger partial charge in [-0.05, 0) is 53.1 Å². The van der Waals surface area contributed by atoms with Crippen LogP contribution in [0.5, 0.6) is 0 Å². The van der Waals surface area contributed by atoms with Gasteiger partial charge in [-0.3, -0.25) is 4.98 Å². The monoisotopic (exact) mass is 311 g/mol. The average Bonchev–Trinajstić information content (AvgIpc) is 2.68. The third-order valence-electron chi connectivity index (χ3n) is 4.11. The van der Waals surface area contributed by atoms with Gasteiger partial charge in [-0.1, -0.05) is 36.4 Å². The maximum absolute atomic E-state index is 5.74. The van der Waals surface area contributed by atoms with Crippen molar-refractivity contribution >= 4 is 10.9 Å². The molecule has 24 heavy (non-hydrogen) atoms. The van der Waals surface area contributed by atoms with Crippen LogP contribution in [0.25, 0.3) is 33.4 Å². The van der Waals surface area contributed by atoms with Crippen molar-refractivity contribution in [1.82, 2.24) is 9.97 Å². The summed E-state index contributed by atoms with van der Waals surface area (Å²) in [7, 11) is 0. The molecule has 116 valence electrons. The predicted molar refractivity (Wildman–Crippen MR) is 98.3 cm³/mol. The molecule has 0 atom stereocenters. The lowest BCUT2D eigenvalue weighted by molar-refractivity contribution is 1.07. The van der Waals surface area contributed by atoms with Crippen molar-refractivity contribution in [3.05, 3.63) is 84.6 Å². The Morgan fingerprint density at radius 1 is 0.750 bits per heavy atom. The fraction of sp³-hybridized carbons (Fsp3) is 0.0476. The number of nitrogens with two attached hydrogens (primary N) is 1. The molecule has 2 heterocycles. The minimum atomic E-state index is 0.552. The lowest BCUT2D eigenvalue weighted by atomic mass is 10.0. The molecule has 3 nitrogen and oxygen atoms in total. The zero-order valence-corrected chi connectivity index (χ0v) is 13.2. The summed E-state index contributed by atoms with van der Waals surface area (Å²) in [5, 5.41) is 1.12. The van der Waals surface area contributed by atoms with Crippen LogP contribution >= 0.6 is 0 Å². The van der Waals surface area contributed by atoms with Crippen molar-refractivity contribution < 1.29 is 0 Å². The van der Waals surface area contributed by atoms with E-state index >= 15 is 0 Å². The molecule has 4 rings (SSSR count). The molecule has 0 radical (unpaired) electrons. The zero-order valence-electron chi connectivity index (χ0n) is 13.2. The van der Waals surface area contributed by atoms with Gasteiger partial charge in [-0.25, -0.2) is 4.98 Å². The second-order valence-electron chi connectivity index (χ2n) is 5.72. The van der Waals surface area contributed by atoms with Crippen LogP contribution in [-0.2, 0) is 6.54 Å². The standard InChI is InChI=1S/C21H17N3/c22-14-15-4-3-5-16(12-15)17-7-9-19-18(13-17)8-10-21(24-19)20-6-1-2-11-23-20/h1-13H,14,22H2. The van der Waals surface area contributed by atoms with Gasteiger partial charge in [-0.2, -0.15) is 0 Å². The van der Waals surface area contributed by atoms with E-state index in [0.29, 0.717) is 6.54 Å². The molecule has 0 unspecified atom stereocenters. The fourth-order valence-corrected chi connectivity index (χ4v) is 2.84. The molecule has 0 fully saturated rings. The molecular formula is C21H17N3. The lowest BCUT2D eigenvalue weighted by Crippen LogP contribution is -1.95. The highest BCUT2D eigenvalue weighted by molar-refractivity contribution is 5.86. The Morgan fingerprint density at radius 2 is 1.67 bits per heavy atom. The first kappa shape index (κ1) is 14.5. The van der Waals surface area contributed by atoms with Crippen molar-refractivity contribution in [2.45, 2.75) is 6.54 Å². The predicted octanol–water partition coefficient (Wildman–Crippen LogP) is 4.42. The number of aromatic nitrogens is 2. The summed E-state index contributed by atoms with van der Waals surface area (Å²) in [6, 6.07) is 24.6. The molecule has 0 spiro atoms. The van der Waals surface area contributed by atoms with E-state index in [0.717, 1.165) is 27.9 Å². The van der Waals surface area contributed by atoms with Crippen molar-refractivity contribution in [3.63, 3.8) is 0 Å². The third kappa shape index (κ3) is 2.77. The number of rotatable bonds is 3. The summed E-state index contributed by atoms with van der Waals surface area (Å²) >= 11 is 0. The minimum absolute atomic E-state index is 0.552. The van der Waals surface area contributed by atoms with Gasteiger partial charge in [0.1, 0.15) is 0 Å². The highest BCUT2D eigenvalue weighted by atomic mass is 14.8. The van der Waals surface area contributed by atoms with E-state index in [1.807, 2.05) is 36.4 Å². The second kappa shape index (κ2) is 6.22. The second-order valence-corrected chi connectivity index (χ2v) is 5.72. The molecule has 2 aromatic carbocycles. The van der Waals surface area contributed by atoms with Crippen LogP contribution in [-0.4, -0.2) is 9.97 Å². The van der Waals surface area contributed by atoms with E-state index in [1.165, 1.54) is 11.1 Å². The van der Waals surface area contributed by atoms with Crippen LogP contribution in [0.2, 0.25) is 0 Å². The quantitative estimate of drug-likeness (QED) is 0.609. The van der Waals surface area contributed by atoms with Crippen molar-refractivity contribution in [2.75, 3.05) is 0 Å². The van der Waals surface area contributed by atoms with Crippen LogP contribution in [0, 0.1) is 0 Å². The molecule has 0 saturated heterocycles. The van der Waals surface area contributed by atoms with Crippen LogP contribution < -0.4 is 5.73 Å². The molecule has 0 aliphatic rings. The molecule has 4 aromatic rings. The first-order valence-corrected chi connectivity index (χ1v) is 7.95. The Hall–Kier alpha value is -3.04. The normalized spacial score (nSPS) is 10.9. The molecule has 0 amide bonds. The minimum Gasteiger partial charge on any atom is -0.326 e. The Kier molecular flexibility index (Phi) is 3.77. The molecule has 2 N–H and O–H groups in total. The van der Waals surface area contributed by atoms with Gasteiger partial charge in [0.2, 0.25) is 0 Å². The van der Waals surface area contributed by atoms with Gasteiger partial charge in [0, 0.05) is 18.1 Å². The summed E-state index contributed by atoms with van der Waals surface area (Å²) in [6.45, 7) is 0.552. The van der Waals surface area contributed by atoms with Gasteiger partial charge in [0.25, 0.3) is 0 Å². The summed E-state index contributed by atoms with van der Waals surface area (Å²) < 4.78 is 0. The maximum atomic E-state index is 5.74. The Balaban J connectivity index is 1.76. The SMILES string of the molecule is NCc1cccc(-c2ccc3nc(-c4ccccn4)ccc3c2)c1. The van der Waals surface area contributed by atoms with Gasteiger partial charge in [0.15, 0.2) is 0 Å². The number of hydrogen-bond acceptors (Lipinski definition) is 3. The number of pyridine rings is 2. The van der Waals surface area contributed by atoms with Crippen LogP contribution in [0.15, 0.2) is 79.0 Å². The summed E-state index contributed by atoms with van der Waals surface area (Å²) in [6.07, 6.45) is 1.79. The Morgan fingerprint density at radius 3 is 2.50 bits per heavy atom. The van der Waals surface area contributed by atoms with E-state index in [9.17, 15) is 0 Å². The largest absolute Gasteiger partial charge is 0.326 e. The smallest absolute Gasteiger partial charge is 0.0893 e. The van der Waals surface area contributed by atoms with E-state index < -0.39 is 0 Å². The summed E-state index contributed by atoms with van der Waals surface area (Å²) in [5.41, 5.74) is 12.0. The number of fused-ring (bicyclic) bond motifs is 1. The van der Waals surface area contributed by atoms with Crippen molar-refractivity contribution in [1.29, 1.82) is 0 Å². The maximum Gasteiger partial charge on any atom is 0.0893 e. The summed E-state index contributed by atoms with van der Waals surface area (Å²) in [5.74, 6) is 0. The molecule has 0 saturated carbocycles. The van der Waals surface area contributed by atoms with Crippen LogP contribution in [0.4, 0.5) is 0 Å². The third-order valence-corrected chi connectivity index (χ3v) is 4.11. The van der Waals surface area contributed by atoms with Gasteiger partial charge in [-0.15, -0.1) is 0 Å². The Labute approximate surface area is 140 Å². The Bertz CT molecular complexity index is 994. The number of benzene rings is 2. The number of hydrogen-bond donors (Lipinski definition) is 1. The molecule has 0 aliphatic carbocycles. The first-order chi connectivity index (χ1) is 11.8. The molecule has 0 aliphatic heterocycles. The van der Waals surface area contributed by atoms with Gasteiger partial charge >= 0.3 is 0 Å². The van der Waals surface area contributed by atoms with E-state index in [1.54, 1.807) is 6.20 Å². The van der Waals surface area contributed by atoms with Gasteiger partial charge < -0.3 is 5.73 Å². The molecule has 0 bridgehead atoms. The van der Waals surface area contributed by atoms with E-state index in [-0.39, 0.29) is 0 Å². The molecule has 3 heteroatoms. The van der Waals surface area contributed by atoms with E-state index in [2.05, 4.69) is 41.4 Å². The number of nitrogens with zero attached hydrogens (tertiary/aromatic N) is 2. The van der Waals surface area contributed by atoms with E-state index in [4.69, 9.17) is 10.7 Å². The topological polar surface area (TPSA) is 51.8 Å². The highest BCUT2D eigenvalue weighted by Crippen LogP contribution is 2.26. The van der Waals surface area contributed by atoms with Crippen LogP contribution in [0.1, 0.15) is 5.56 Å². The van der Waals surface area contributed by atoms with Crippen molar-refractivity contribution in [2.24, 2.45) is 5.73 Å². The molecule has 2 aromatic heterocycles. The van der Waals surface area contributed by atoms with Gasteiger partial charge in [0.05, 0.1) is 16.9 Å². The fourth-order valence-electron chi connectivity index (χ4n) is 2.84. The summed E-state index contributed by atoms with van der Waals surface area (Å²) in [4.78, 5) is 9.10. The highest BCUT2D eigenvalue weighted by Gasteiger charge is 2.05. The zero-order chi connectivity index (χ0) is 16.4. The first-order valence-electron chi connectivity index (χ1n) is 7.95. The van der Waals surface area contributed by atoms with Crippen LogP contribution in [0.3, 0.4) is 0 Å². The van der Waals surface area contributed by atoms with Crippen molar-refractivity contribution in [3.8, 4) is 22.5 Å². The molecular weight excluding hydrogens is 294 g/mol. The average molecular weight is 311 g/mol. The lowest BCUT2D eigenvalue weighted by Gasteiger charge is -2.07.